The van der Waals surface area contributed by atoms with Crippen molar-refractivity contribution in [2.75, 3.05) is 38.8 Å². The van der Waals surface area contributed by atoms with Crippen LogP contribution in [0.2, 0.25) is 0 Å². The van der Waals surface area contributed by atoms with Crippen molar-refractivity contribution < 1.29 is 32.3 Å². The lowest BCUT2D eigenvalue weighted by Crippen LogP contribution is -2.43. The normalized spacial score (nSPS) is 19.8. The van der Waals surface area contributed by atoms with Gasteiger partial charge in [0.15, 0.2) is 9.84 Å². The zero-order valence-corrected chi connectivity index (χ0v) is 19.2. The minimum atomic E-state index is -3.09. The smallest absolute Gasteiger partial charge is 0.228 e. The Kier molecular flexibility index (Phi) is 7.18. The predicted octanol–water partition coefficient (Wildman–Crippen LogP) is 1.78. The van der Waals surface area contributed by atoms with Crippen molar-refractivity contribution in [2.24, 2.45) is 0 Å². The van der Waals surface area contributed by atoms with Crippen LogP contribution in [0.4, 0.5) is 0 Å². The maximum absolute atomic E-state index is 13.3. The largest absolute Gasteiger partial charge is 0.489 e. The van der Waals surface area contributed by atoms with Gasteiger partial charge in [0.2, 0.25) is 29.0 Å². The molecule has 0 N–H and O–H groups in total. The summed E-state index contributed by atoms with van der Waals surface area (Å²) >= 11 is 0. The molecule has 0 radical (unpaired) electrons. The monoisotopic (exact) mass is 461 g/mol. The van der Waals surface area contributed by atoms with E-state index in [9.17, 15) is 22.8 Å². The van der Waals surface area contributed by atoms with E-state index >= 15 is 0 Å². The van der Waals surface area contributed by atoms with E-state index in [1.165, 1.54) is 14.2 Å². The van der Waals surface area contributed by atoms with Crippen LogP contribution < -0.4 is 0 Å². The number of sulfone groups is 1. The van der Waals surface area contributed by atoms with E-state index in [1.54, 1.807) is 11.8 Å². The third-order valence-electron chi connectivity index (χ3n) is 5.91. The fourth-order valence-corrected chi connectivity index (χ4v) is 5.33. The fraction of sp³-hybridized carbons (Fsp3) is 0.435. The van der Waals surface area contributed by atoms with Gasteiger partial charge in [-0.3, -0.25) is 14.4 Å². The Morgan fingerprint density at radius 1 is 1.00 bits per heavy atom. The first-order valence-corrected chi connectivity index (χ1v) is 12.2. The topological polar surface area (TPSA) is 107 Å². The van der Waals surface area contributed by atoms with E-state index < -0.39 is 27.3 Å². The van der Waals surface area contributed by atoms with Crippen LogP contribution in [0.5, 0.6) is 0 Å². The van der Waals surface area contributed by atoms with Gasteiger partial charge in [-0.05, 0) is 18.9 Å². The van der Waals surface area contributed by atoms with Crippen LogP contribution >= 0.6 is 0 Å². The first-order chi connectivity index (χ1) is 15.2. The summed E-state index contributed by atoms with van der Waals surface area (Å²) in [6.45, 7) is 1.92. The molecule has 1 heterocycles. The minimum absolute atomic E-state index is 0.0418. The number of hydrogen-bond donors (Lipinski definition) is 0. The van der Waals surface area contributed by atoms with E-state index in [2.05, 4.69) is 0 Å². The molecule has 1 aromatic carbocycles. The van der Waals surface area contributed by atoms with Gasteiger partial charge >= 0.3 is 0 Å². The molecule has 3 rings (SSSR count). The van der Waals surface area contributed by atoms with Crippen molar-refractivity contribution >= 4 is 27.3 Å². The molecule has 1 atom stereocenters. The van der Waals surface area contributed by atoms with Crippen LogP contribution in [0.1, 0.15) is 31.2 Å². The average Bonchev–Trinajstić information content (AvgIpc) is 2.78. The molecule has 8 nitrogen and oxygen atoms in total. The Balaban J connectivity index is 1.89. The highest BCUT2D eigenvalue weighted by Gasteiger charge is 2.39. The summed E-state index contributed by atoms with van der Waals surface area (Å²) in [5.41, 5.74) is 1.35. The lowest BCUT2D eigenvalue weighted by Gasteiger charge is -2.29. The summed E-state index contributed by atoms with van der Waals surface area (Å²) in [5, 5.41) is 0. The first-order valence-electron chi connectivity index (χ1n) is 10.4. The number of nitrogens with zero attached hydrogens (tertiary/aromatic N) is 1. The van der Waals surface area contributed by atoms with Crippen molar-refractivity contribution in [3.05, 3.63) is 58.6 Å². The van der Waals surface area contributed by atoms with Crippen LogP contribution in [-0.4, -0.2) is 69.6 Å². The molecule has 2 aliphatic rings. The number of benzene rings is 1. The average molecular weight is 462 g/mol. The Morgan fingerprint density at radius 3 is 2.12 bits per heavy atom. The zero-order chi connectivity index (χ0) is 23.5. The van der Waals surface area contributed by atoms with Gasteiger partial charge in [-0.15, -0.1) is 0 Å². The molecule has 32 heavy (non-hydrogen) atoms. The van der Waals surface area contributed by atoms with E-state index in [0.29, 0.717) is 0 Å². The lowest BCUT2D eigenvalue weighted by atomic mass is 9.78. The van der Waals surface area contributed by atoms with Gasteiger partial charge in [-0.1, -0.05) is 30.3 Å². The van der Waals surface area contributed by atoms with Crippen LogP contribution in [0.25, 0.3) is 0 Å². The standard InChI is InChI=1S/C23H27NO7S/c1-15-19(21(27)23(31-3)22(30-2)20(15)26)17(16-7-5-4-6-8-16)9-10-18(25)24-11-13-32(28,29)14-12-24/h4-8,17H,9-14H2,1-3H3. The highest BCUT2D eigenvalue weighted by Crippen LogP contribution is 2.38. The molecule has 1 aromatic rings. The molecule has 1 aliphatic carbocycles. The number of carbonyl (C=O) groups is 3. The van der Waals surface area contributed by atoms with E-state index in [-0.39, 0.29) is 66.0 Å². The van der Waals surface area contributed by atoms with Gasteiger partial charge in [0.05, 0.1) is 25.7 Å². The number of amides is 1. The molecule has 1 unspecified atom stereocenters. The van der Waals surface area contributed by atoms with Crippen LogP contribution in [0, 0.1) is 0 Å². The maximum atomic E-state index is 13.3. The van der Waals surface area contributed by atoms with Gasteiger partial charge < -0.3 is 14.4 Å². The summed E-state index contributed by atoms with van der Waals surface area (Å²) in [7, 11) is -0.474. The van der Waals surface area contributed by atoms with E-state index in [0.717, 1.165) is 5.56 Å². The molecule has 0 aromatic heterocycles. The van der Waals surface area contributed by atoms with Crippen molar-refractivity contribution in [1.82, 2.24) is 4.90 Å². The third kappa shape index (κ3) is 4.77. The van der Waals surface area contributed by atoms with Crippen molar-refractivity contribution in [1.29, 1.82) is 0 Å². The van der Waals surface area contributed by atoms with Crippen molar-refractivity contribution in [3.8, 4) is 0 Å². The molecule has 9 heteroatoms. The molecule has 1 saturated heterocycles. The number of rotatable bonds is 7. The van der Waals surface area contributed by atoms with Gasteiger partial charge in [-0.2, -0.15) is 0 Å². The summed E-state index contributed by atoms with van der Waals surface area (Å²) in [6.07, 6.45) is 0.401. The summed E-state index contributed by atoms with van der Waals surface area (Å²) < 4.78 is 33.6. The molecule has 1 aliphatic heterocycles. The number of allylic oxidation sites excluding steroid dienone is 2. The highest BCUT2D eigenvalue weighted by molar-refractivity contribution is 7.91. The number of methoxy groups -OCH3 is 2. The fourth-order valence-electron chi connectivity index (χ4n) is 4.13. The van der Waals surface area contributed by atoms with Crippen LogP contribution in [-0.2, 0) is 33.7 Å². The van der Waals surface area contributed by atoms with Gasteiger partial charge in [0, 0.05) is 36.6 Å². The maximum Gasteiger partial charge on any atom is 0.228 e. The Morgan fingerprint density at radius 2 is 1.56 bits per heavy atom. The van der Waals surface area contributed by atoms with Crippen LogP contribution in [0.15, 0.2) is 53.0 Å². The molecule has 0 saturated carbocycles. The summed E-state index contributed by atoms with van der Waals surface area (Å²) in [6, 6.07) is 9.21. The Bertz CT molecular complexity index is 1070. The predicted molar refractivity (Wildman–Crippen MR) is 117 cm³/mol. The highest BCUT2D eigenvalue weighted by atomic mass is 32.2. The molecule has 0 bridgehead atoms. The minimum Gasteiger partial charge on any atom is -0.489 e. The van der Waals surface area contributed by atoms with Gasteiger partial charge in [-0.25, -0.2) is 8.42 Å². The number of Topliss-reactive ketones (excluding diaryl/α,β-unsaturated/α-hetero) is 2. The van der Waals surface area contributed by atoms with Gasteiger partial charge in [0.25, 0.3) is 0 Å². The van der Waals surface area contributed by atoms with Gasteiger partial charge in [0.1, 0.15) is 0 Å². The molecular weight excluding hydrogens is 434 g/mol. The SMILES string of the molecule is COC1=C(OC)C(=O)C(C(CCC(=O)N2CCS(=O)(=O)CC2)c2ccccc2)=C(C)C1=O. The molecule has 1 fully saturated rings. The van der Waals surface area contributed by atoms with E-state index in [1.807, 2.05) is 30.3 Å². The van der Waals surface area contributed by atoms with Crippen molar-refractivity contribution in [2.45, 2.75) is 25.7 Å². The second-order valence-corrected chi connectivity index (χ2v) is 10.1. The van der Waals surface area contributed by atoms with E-state index in [4.69, 9.17) is 9.47 Å². The quantitative estimate of drug-likeness (QED) is 0.570. The number of hydrogen-bond acceptors (Lipinski definition) is 7. The van der Waals surface area contributed by atoms with Crippen LogP contribution in [0.3, 0.4) is 0 Å². The second-order valence-electron chi connectivity index (χ2n) is 7.80. The molecular formula is C23H27NO7S. The summed E-state index contributed by atoms with van der Waals surface area (Å²) in [5.74, 6) is -1.90. The molecule has 172 valence electrons. The number of carbonyl (C=O) groups excluding carboxylic acids is 3. The summed E-state index contributed by atoms with van der Waals surface area (Å²) in [4.78, 5) is 40.5. The third-order valence-corrected chi connectivity index (χ3v) is 7.52. The zero-order valence-electron chi connectivity index (χ0n) is 18.4. The Hall–Kier alpha value is -2.94. The van der Waals surface area contributed by atoms with Crippen molar-refractivity contribution in [3.63, 3.8) is 0 Å². The second kappa shape index (κ2) is 9.68. The Labute approximate surface area is 187 Å². The number of ether oxygens (including phenoxy) is 2. The first kappa shape index (κ1) is 23.7. The lowest BCUT2D eigenvalue weighted by molar-refractivity contribution is -0.131. The number of ketones is 2. The molecule has 0 spiro atoms. The molecule has 1 amide bonds.